The maximum absolute atomic E-state index is 12.7. The summed E-state index contributed by atoms with van der Waals surface area (Å²) < 4.78 is 38.0. The molecule has 20 heavy (non-hydrogen) atoms. The van der Waals surface area contributed by atoms with Gasteiger partial charge in [-0.2, -0.15) is 13.2 Å². The summed E-state index contributed by atoms with van der Waals surface area (Å²) in [5.74, 6) is 0. The molecule has 0 atom stereocenters. The van der Waals surface area contributed by atoms with Gasteiger partial charge in [0.15, 0.2) is 0 Å². The summed E-state index contributed by atoms with van der Waals surface area (Å²) in [5.41, 5.74) is 6.54. The van der Waals surface area contributed by atoms with Crippen LogP contribution in [0.4, 0.5) is 13.2 Å². The Morgan fingerprint density at radius 3 is 2.25 bits per heavy atom. The first-order chi connectivity index (χ1) is 9.40. The lowest BCUT2D eigenvalue weighted by Crippen LogP contribution is -2.07. The Morgan fingerprint density at radius 1 is 1.05 bits per heavy atom. The Balaban J connectivity index is 2.30. The molecule has 2 aromatic carbocycles. The molecule has 0 spiro atoms. The van der Waals surface area contributed by atoms with Gasteiger partial charge in [-0.1, -0.05) is 29.5 Å². The summed E-state index contributed by atoms with van der Waals surface area (Å²) >= 11 is 1.42. The van der Waals surface area contributed by atoms with E-state index in [9.17, 15) is 13.2 Å². The van der Waals surface area contributed by atoms with Gasteiger partial charge in [0.25, 0.3) is 0 Å². The topological polar surface area (TPSA) is 26.0 Å². The Kier molecular flexibility index (Phi) is 4.40. The van der Waals surface area contributed by atoms with Gasteiger partial charge in [0.2, 0.25) is 0 Å². The van der Waals surface area contributed by atoms with Crippen molar-refractivity contribution >= 4 is 11.8 Å². The number of aryl methyl sites for hydroxylation is 1. The van der Waals surface area contributed by atoms with Gasteiger partial charge < -0.3 is 5.73 Å². The maximum atomic E-state index is 12.7. The van der Waals surface area contributed by atoms with Crippen molar-refractivity contribution in [1.82, 2.24) is 0 Å². The number of benzene rings is 2. The first-order valence-electron chi connectivity index (χ1n) is 6.05. The number of hydrogen-bond acceptors (Lipinski definition) is 2. The predicted molar refractivity (Wildman–Crippen MR) is 74.6 cm³/mol. The largest absolute Gasteiger partial charge is 0.416 e. The molecule has 1 nitrogen and oxygen atoms in total. The SMILES string of the molecule is Cc1ccc(Sc2ccc(C(F)(F)F)cc2CN)cc1. The molecule has 0 saturated heterocycles. The van der Waals surface area contributed by atoms with E-state index in [1.54, 1.807) is 0 Å². The lowest BCUT2D eigenvalue weighted by molar-refractivity contribution is -0.137. The van der Waals surface area contributed by atoms with Crippen LogP contribution in [0.25, 0.3) is 0 Å². The van der Waals surface area contributed by atoms with E-state index in [2.05, 4.69) is 0 Å². The van der Waals surface area contributed by atoms with Crippen LogP contribution in [-0.2, 0) is 12.7 Å². The van der Waals surface area contributed by atoms with Crippen LogP contribution in [0.3, 0.4) is 0 Å². The fourth-order valence-electron chi connectivity index (χ4n) is 1.75. The summed E-state index contributed by atoms with van der Waals surface area (Å²) in [6.07, 6.45) is -4.34. The van der Waals surface area contributed by atoms with Crippen LogP contribution in [0.15, 0.2) is 52.3 Å². The number of alkyl halides is 3. The second kappa shape index (κ2) is 5.89. The minimum absolute atomic E-state index is 0.0815. The molecule has 0 amide bonds. The van der Waals surface area contributed by atoms with Crippen LogP contribution < -0.4 is 5.73 Å². The van der Waals surface area contributed by atoms with E-state index in [4.69, 9.17) is 5.73 Å². The molecule has 2 rings (SSSR count). The quantitative estimate of drug-likeness (QED) is 0.894. The summed E-state index contributed by atoms with van der Waals surface area (Å²) in [5, 5.41) is 0. The third kappa shape index (κ3) is 3.55. The number of rotatable bonds is 3. The summed E-state index contributed by atoms with van der Waals surface area (Å²) in [6, 6.07) is 11.5. The van der Waals surface area contributed by atoms with Gasteiger partial charge >= 0.3 is 6.18 Å². The van der Waals surface area contributed by atoms with Crippen molar-refractivity contribution in [2.75, 3.05) is 0 Å². The summed E-state index contributed by atoms with van der Waals surface area (Å²) in [6.45, 7) is 2.07. The molecule has 5 heteroatoms. The first kappa shape index (κ1) is 14.9. The molecule has 0 fully saturated rings. The number of nitrogens with two attached hydrogens (primary N) is 1. The fraction of sp³-hybridized carbons (Fsp3) is 0.200. The van der Waals surface area contributed by atoms with Crippen LogP contribution in [0, 0.1) is 6.92 Å². The molecule has 0 heterocycles. The van der Waals surface area contributed by atoms with E-state index < -0.39 is 11.7 Å². The van der Waals surface area contributed by atoms with Crippen LogP contribution in [0.5, 0.6) is 0 Å². The molecular formula is C15H14F3NS. The van der Waals surface area contributed by atoms with Crippen molar-refractivity contribution in [3.8, 4) is 0 Å². The lowest BCUT2D eigenvalue weighted by Gasteiger charge is -2.12. The van der Waals surface area contributed by atoms with E-state index in [1.165, 1.54) is 17.8 Å². The van der Waals surface area contributed by atoms with Gasteiger partial charge in [-0.3, -0.25) is 0 Å². The Bertz CT molecular complexity index is 591. The zero-order valence-electron chi connectivity index (χ0n) is 10.9. The van der Waals surface area contributed by atoms with E-state index in [1.807, 2.05) is 31.2 Å². The molecule has 0 aliphatic rings. The number of hydrogen-bond donors (Lipinski definition) is 1. The average Bonchev–Trinajstić information content (AvgIpc) is 2.40. The van der Waals surface area contributed by atoms with Crippen molar-refractivity contribution < 1.29 is 13.2 Å². The van der Waals surface area contributed by atoms with E-state index in [0.717, 1.165) is 27.5 Å². The smallest absolute Gasteiger partial charge is 0.326 e. The van der Waals surface area contributed by atoms with Gasteiger partial charge in [-0.15, -0.1) is 0 Å². The van der Waals surface area contributed by atoms with Crippen LogP contribution >= 0.6 is 11.8 Å². The summed E-state index contributed by atoms with van der Waals surface area (Å²) in [4.78, 5) is 1.73. The second-order valence-corrected chi connectivity index (χ2v) is 5.55. The third-order valence-electron chi connectivity index (χ3n) is 2.86. The Morgan fingerprint density at radius 2 is 1.70 bits per heavy atom. The molecule has 2 aromatic rings. The van der Waals surface area contributed by atoms with Crippen molar-refractivity contribution in [1.29, 1.82) is 0 Å². The molecule has 0 aliphatic carbocycles. The van der Waals surface area contributed by atoms with Crippen molar-refractivity contribution in [3.05, 3.63) is 59.2 Å². The van der Waals surface area contributed by atoms with Gasteiger partial charge in [0.05, 0.1) is 5.56 Å². The highest BCUT2D eigenvalue weighted by Gasteiger charge is 2.30. The lowest BCUT2D eigenvalue weighted by atomic mass is 10.1. The highest BCUT2D eigenvalue weighted by atomic mass is 32.2. The Hall–Kier alpha value is -1.46. The van der Waals surface area contributed by atoms with Crippen LogP contribution in [0.1, 0.15) is 16.7 Å². The number of halogens is 3. The van der Waals surface area contributed by atoms with Crippen molar-refractivity contribution in [2.24, 2.45) is 5.73 Å². The molecule has 2 N–H and O–H groups in total. The Labute approximate surface area is 120 Å². The molecule has 0 aliphatic heterocycles. The summed E-state index contributed by atoms with van der Waals surface area (Å²) in [7, 11) is 0. The molecule has 106 valence electrons. The van der Waals surface area contributed by atoms with E-state index >= 15 is 0 Å². The predicted octanol–water partition coefficient (Wildman–Crippen LogP) is 4.62. The highest BCUT2D eigenvalue weighted by molar-refractivity contribution is 7.99. The van der Waals surface area contributed by atoms with Crippen LogP contribution in [-0.4, -0.2) is 0 Å². The van der Waals surface area contributed by atoms with Gasteiger partial charge in [0, 0.05) is 16.3 Å². The maximum Gasteiger partial charge on any atom is 0.416 e. The molecule has 0 unspecified atom stereocenters. The second-order valence-electron chi connectivity index (χ2n) is 4.44. The standard InChI is InChI=1S/C15H14F3NS/c1-10-2-5-13(6-3-10)20-14-7-4-12(15(16,17)18)8-11(14)9-19/h2-8H,9,19H2,1H3. The normalized spacial score (nSPS) is 11.7. The highest BCUT2D eigenvalue weighted by Crippen LogP contribution is 2.35. The van der Waals surface area contributed by atoms with Crippen LogP contribution in [0.2, 0.25) is 0 Å². The molecule has 0 saturated carbocycles. The zero-order chi connectivity index (χ0) is 14.8. The van der Waals surface area contributed by atoms with Crippen molar-refractivity contribution in [3.63, 3.8) is 0 Å². The van der Waals surface area contributed by atoms with Crippen molar-refractivity contribution in [2.45, 2.75) is 29.4 Å². The monoisotopic (exact) mass is 297 g/mol. The molecule has 0 radical (unpaired) electrons. The van der Waals surface area contributed by atoms with Gasteiger partial charge in [0.1, 0.15) is 0 Å². The third-order valence-corrected chi connectivity index (χ3v) is 3.98. The van der Waals surface area contributed by atoms with Gasteiger partial charge in [-0.25, -0.2) is 0 Å². The van der Waals surface area contributed by atoms with Gasteiger partial charge in [-0.05, 0) is 42.8 Å². The van der Waals surface area contributed by atoms with E-state index in [-0.39, 0.29) is 6.54 Å². The van der Waals surface area contributed by atoms with E-state index in [0.29, 0.717) is 5.56 Å². The molecular weight excluding hydrogens is 283 g/mol. The average molecular weight is 297 g/mol. The molecule has 0 bridgehead atoms. The molecule has 0 aromatic heterocycles. The zero-order valence-corrected chi connectivity index (χ0v) is 11.7. The minimum Gasteiger partial charge on any atom is -0.326 e. The minimum atomic E-state index is -4.34. The fourth-order valence-corrected chi connectivity index (χ4v) is 2.68. The first-order valence-corrected chi connectivity index (χ1v) is 6.86.